The zero-order chi connectivity index (χ0) is 17.3. The Morgan fingerprint density at radius 3 is 2.83 bits per heavy atom. The van der Waals surface area contributed by atoms with E-state index in [1.54, 1.807) is 17.8 Å². The summed E-state index contributed by atoms with van der Waals surface area (Å²) in [6.45, 7) is 9.20. The predicted octanol–water partition coefficient (Wildman–Crippen LogP) is 1.68. The van der Waals surface area contributed by atoms with Crippen LogP contribution in [0.15, 0.2) is 43.0 Å². The highest BCUT2D eigenvalue weighted by Crippen LogP contribution is 2.46. The summed E-state index contributed by atoms with van der Waals surface area (Å²) in [5.41, 5.74) is 0.875. The van der Waals surface area contributed by atoms with Crippen LogP contribution in [-0.2, 0) is 9.59 Å². The molecule has 0 saturated carbocycles. The van der Waals surface area contributed by atoms with Gasteiger partial charge in [0.15, 0.2) is 0 Å². The molecule has 0 radical (unpaired) electrons. The van der Waals surface area contributed by atoms with E-state index in [0.29, 0.717) is 6.54 Å². The van der Waals surface area contributed by atoms with Crippen molar-refractivity contribution in [2.75, 3.05) is 13.1 Å². The Bertz CT molecular complexity index is 647. The van der Waals surface area contributed by atoms with Gasteiger partial charge in [-0.25, -0.2) is 0 Å². The van der Waals surface area contributed by atoms with Gasteiger partial charge in [0, 0.05) is 17.8 Å². The van der Waals surface area contributed by atoms with Gasteiger partial charge >= 0.3 is 0 Å². The first-order valence-corrected chi connectivity index (χ1v) is 8.99. The van der Waals surface area contributed by atoms with Crippen molar-refractivity contribution in [1.29, 1.82) is 0 Å². The van der Waals surface area contributed by atoms with Gasteiger partial charge in [0.05, 0.1) is 0 Å². The molecule has 2 saturated heterocycles. The average molecular weight is 345 g/mol. The molecule has 1 aromatic rings. The van der Waals surface area contributed by atoms with E-state index in [1.165, 1.54) is 0 Å². The maximum absolute atomic E-state index is 12.8. The summed E-state index contributed by atoms with van der Waals surface area (Å²) in [4.78, 5) is 26.9. The topological polar surface area (TPSA) is 61.4 Å². The number of rotatable bonds is 6. The zero-order valence-corrected chi connectivity index (χ0v) is 14.8. The van der Waals surface area contributed by atoms with Crippen LogP contribution >= 0.6 is 11.8 Å². The molecule has 2 N–H and O–H groups in total. The normalized spacial score (nSPS) is 25.6. The van der Waals surface area contributed by atoms with E-state index in [1.807, 2.05) is 35.2 Å². The van der Waals surface area contributed by atoms with Crippen molar-refractivity contribution in [3.05, 3.63) is 48.6 Å². The maximum atomic E-state index is 12.8. The van der Waals surface area contributed by atoms with Crippen molar-refractivity contribution < 1.29 is 9.59 Å². The molecule has 0 aliphatic carbocycles. The molecule has 0 aromatic heterocycles. The number of nitrogens with zero attached hydrogens (tertiary/aromatic N) is 1. The second-order valence-corrected chi connectivity index (χ2v) is 8.58. The molecular formula is C18H23N3O2S. The quantitative estimate of drug-likeness (QED) is 0.608. The number of thioether (sulfide) groups is 1. The van der Waals surface area contributed by atoms with Crippen molar-refractivity contribution in [2.45, 2.75) is 36.1 Å². The number of hydrogen-bond donors (Lipinski definition) is 2. The molecule has 3 atom stereocenters. The van der Waals surface area contributed by atoms with Crippen LogP contribution in [0.5, 0.6) is 0 Å². The molecule has 128 valence electrons. The maximum Gasteiger partial charge on any atom is 0.249 e. The van der Waals surface area contributed by atoms with Crippen LogP contribution in [0.3, 0.4) is 0 Å². The minimum absolute atomic E-state index is 0.0157. The fourth-order valence-electron chi connectivity index (χ4n) is 3.18. The predicted molar refractivity (Wildman–Crippen MR) is 96.5 cm³/mol. The van der Waals surface area contributed by atoms with Crippen molar-refractivity contribution in [3.8, 4) is 0 Å². The van der Waals surface area contributed by atoms with E-state index >= 15 is 0 Å². The fourth-order valence-corrected chi connectivity index (χ4v) is 4.67. The lowest BCUT2D eigenvalue weighted by molar-refractivity contribution is -0.148. The van der Waals surface area contributed by atoms with Crippen LogP contribution in [0.2, 0.25) is 0 Å². The second kappa shape index (κ2) is 6.61. The van der Waals surface area contributed by atoms with Crippen molar-refractivity contribution >= 4 is 23.6 Å². The summed E-state index contributed by atoms with van der Waals surface area (Å²) in [7, 11) is 0. The third-order valence-corrected chi connectivity index (χ3v) is 5.83. The molecule has 1 aromatic carbocycles. The van der Waals surface area contributed by atoms with E-state index in [9.17, 15) is 9.59 Å². The van der Waals surface area contributed by atoms with Crippen LogP contribution in [0.25, 0.3) is 0 Å². The Morgan fingerprint density at radius 1 is 1.46 bits per heavy atom. The molecule has 2 heterocycles. The highest BCUT2D eigenvalue weighted by molar-refractivity contribution is 8.01. The molecule has 2 fully saturated rings. The Labute approximate surface area is 146 Å². The first-order valence-electron chi connectivity index (χ1n) is 8.11. The molecular weight excluding hydrogens is 322 g/mol. The zero-order valence-electron chi connectivity index (χ0n) is 14.0. The second-order valence-electron chi connectivity index (χ2n) is 6.76. The lowest BCUT2D eigenvalue weighted by Gasteiger charge is -2.42. The summed E-state index contributed by atoms with van der Waals surface area (Å²) in [5.74, 6) is -0.159. The molecule has 5 nitrogen and oxygen atoms in total. The Morgan fingerprint density at radius 2 is 2.17 bits per heavy atom. The molecule has 0 bridgehead atoms. The van der Waals surface area contributed by atoms with Crippen molar-refractivity contribution in [1.82, 2.24) is 15.5 Å². The smallest absolute Gasteiger partial charge is 0.249 e. The number of β-lactam (4-membered cyclic amide) rings is 1. The number of nitrogens with one attached hydrogen (secondary N) is 2. The third kappa shape index (κ3) is 3.21. The molecule has 3 rings (SSSR count). The van der Waals surface area contributed by atoms with Crippen LogP contribution in [-0.4, -0.2) is 46.0 Å². The van der Waals surface area contributed by atoms with Crippen LogP contribution in [0.4, 0.5) is 0 Å². The molecule has 0 spiro atoms. The minimum Gasteiger partial charge on any atom is -0.340 e. The van der Waals surface area contributed by atoms with Gasteiger partial charge in [0.2, 0.25) is 11.8 Å². The van der Waals surface area contributed by atoms with Gasteiger partial charge in [-0.1, -0.05) is 36.4 Å². The van der Waals surface area contributed by atoms with Gasteiger partial charge in [-0.3, -0.25) is 14.9 Å². The first-order chi connectivity index (χ1) is 11.4. The van der Waals surface area contributed by atoms with Gasteiger partial charge in [-0.2, -0.15) is 0 Å². The summed E-state index contributed by atoms with van der Waals surface area (Å²) < 4.78 is 0.0414. The number of amides is 2. The largest absolute Gasteiger partial charge is 0.340 e. The summed E-state index contributed by atoms with van der Waals surface area (Å²) in [6.07, 6.45) is 1.72. The monoisotopic (exact) mass is 345 g/mol. The molecule has 2 aliphatic rings. The van der Waals surface area contributed by atoms with Crippen LogP contribution < -0.4 is 10.6 Å². The van der Waals surface area contributed by atoms with E-state index in [4.69, 9.17) is 0 Å². The van der Waals surface area contributed by atoms with E-state index in [-0.39, 0.29) is 21.9 Å². The highest BCUT2D eigenvalue weighted by atomic mass is 32.2. The van der Waals surface area contributed by atoms with Gasteiger partial charge in [-0.15, -0.1) is 18.3 Å². The number of carbonyl (C=O) groups excluding carboxylic acids is 2. The van der Waals surface area contributed by atoms with Crippen LogP contribution in [0.1, 0.15) is 25.5 Å². The number of carbonyl (C=O) groups is 2. The SMILES string of the molecule is C=CCN[C@@H](C(=O)N[C@@H]1C(=O)N2CC(C)(C)SC12)c1ccccc1. The molecule has 6 heteroatoms. The lowest BCUT2D eigenvalue weighted by Crippen LogP contribution is -2.68. The standard InChI is InChI=1S/C18H23N3O2S/c1-4-10-19-13(12-8-6-5-7-9-12)15(22)20-14-16(23)21-11-18(2,3)24-17(14)21/h4-9,13-14,17,19H,1,10-11H2,2-3H3,(H,20,22)/t13-,14-,17?/m1/s1. The molecule has 24 heavy (non-hydrogen) atoms. The highest BCUT2D eigenvalue weighted by Gasteiger charge is 2.56. The van der Waals surface area contributed by atoms with Crippen molar-refractivity contribution in [2.24, 2.45) is 0 Å². The van der Waals surface area contributed by atoms with Crippen molar-refractivity contribution in [3.63, 3.8) is 0 Å². The van der Waals surface area contributed by atoms with Gasteiger partial charge in [0.1, 0.15) is 17.5 Å². The average Bonchev–Trinajstić information content (AvgIpc) is 2.86. The molecule has 1 unspecified atom stereocenters. The van der Waals surface area contributed by atoms with Gasteiger partial charge in [-0.05, 0) is 19.4 Å². The first kappa shape index (κ1) is 17.0. The lowest BCUT2D eigenvalue weighted by atomic mass is 10.0. The number of benzene rings is 1. The summed E-state index contributed by atoms with van der Waals surface area (Å²) in [6, 6.07) is 8.60. The Balaban J connectivity index is 1.70. The summed E-state index contributed by atoms with van der Waals surface area (Å²) >= 11 is 1.75. The number of hydrogen-bond acceptors (Lipinski definition) is 4. The van der Waals surface area contributed by atoms with E-state index in [0.717, 1.165) is 12.1 Å². The van der Waals surface area contributed by atoms with Gasteiger partial charge < -0.3 is 10.2 Å². The molecule has 2 amide bonds. The Hall–Kier alpha value is -1.79. The number of fused-ring (bicyclic) bond motifs is 1. The fraction of sp³-hybridized carbons (Fsp3) is 0.444. The Kier molecular flexibility index (Phi) is 4.69. The molecule has 2 aliphatic heterocycles. The van der Waals surface area contributed by atoms with Crippen LogP contribution in [0, 0.1) is 0 Å². The third-order valence-electron chi connectivity index (χ3n) is 4.29. The van der Waals surface area contributed by atoms with E-state index in [2.05, 4.69) is 31.1 Å². The minimum atomic E-state index is -0.495. The van der Waals surface area contributed by atoms with E-state index < -0.39 is 12.1 Å². The summed E-state index contributed by atoms with van der Waals surface area (Å²) in [5, 5.41) is 6.15. The van der Waals surface area contributed by atoms with Gasteiger partial charge in [0.25, 0.3) is 0 Å².